The molecule has 1 N–H and O–H groups in total. The van der Waals surface area contributed by atoms with Gasteiger partial charge in [-0.15, -0.1) is 0 Å². The van der Waals surface area contributed by atoms with Crippen LogP contribution in [-0.4, -0.2) is 20.7 Å². The van der Waals surface area contributed by atoms with E-state index in [1.54, 1.807) is 12.1 Å². The molecule has 1 aromatic carbocycles. The highest BCUT2D eigenvalue weighted by Gasteiger charge is 2.18. The van der Waals surface area contributed by atoms with E-state index in [1.807, 2.05) is 0 Å². The lowest BCUT2D eigenvalue weighted by Crippen LogP contribution is -2.23. The van der Waals surface area contributed by atoms with Crippen molar-refractivity contribution in [3.05, 3.63) is 80.1 Å². The van der Waals surface area contributed by atoms with Crippen molar-refractivity contribution < 1.29 is 9.18 Å². The van der Waals surface area contributed by atoms with E-state index in [0.717, 1.165) is 16.0 Å². The first kappa shape index (κ1) is 17.4. The zero-order valence-corrected chi connectivity index (χ0v) is 14.4. The Labute approximate surface area is 151 Å². The summed E-state index contributed by atoms with van der Waals surface area (Å²) in [6, 6.07) is 8.64. The van der Waals surface area contributed by atoms with Gasteiger partial charge >= 0.3 is 0 Å². The number of carbonyl (C=O) groups excluding carboxylic acids is 1. The summed E-state index contributed by atoms with van der Waals surface area (Å²) in [5, 5.41) is 6.67. The van der Waals surface area contributed by atoms with E-state index < -0.39 is 5.91 Å². The van der Waals surface area contributed by atoms with Crippen LogP contribution in [0.2, 0.25) is 0 Å². The minimum Gasteiger partial charge on any atom is -0.360 e. The Morgan fingerprint density at radius 3 is 2.88 bits per heavy atom. The molecule has 2 aromatic heterocycles. The lowest BCUT2D eigenvalue weighted by molar-refractivity contribution is 0.102. The van der Waals surface area contributed by atoms with Gasteiger partial charge in [0.05, 0.1) is 0 Å². The summed E-state index contributed by atoms with van der Waals surface area (Å²) >= 11 is 1.14. The Bertz CT molecular complexity index is 1080. The van der Waals surface area contributed by atoms with Crippen LogP contribution in [0.3, 0.4) is 0 Å². The van der Waals surface area contributed by atoms with E-state index in [-0.39, 0.29) is 28.0 Å². The highest BCUT2D eigenvalue weighted by atomic mass is 32.1. The van der Waals surface area contributed by atoms with Crippen molar-refractivity contribution in [1.29, 1.82) is 0 Å². The molecule has 0 spiro atoms. The number of anilines is 1. The topological polar surface area (TPSA) is 81.2 Å². The third kappa shape index (κ3) is 3.81. The molecule has 26 heavy (non-hydrogen) atoms. The Kier molecular flexibility index (Phi) is 4.86. The number of hydrogen-bond acceptors (Lipinski definition) is 5. The van der Waals surface area contributed by atoms with Crippen molar-refractivity contribution in [2.24, 2.45) is 7.05 Å². The highest BCUT2D eigenvalue weighted by molar-refractivity contribution is 7.16. The summed E-state index contributed by atoms with van der Waals surface area (Å²) in [6.45, 7) is 7.24. The Morgan fingerprint density at radius 2 is 2.19 bits per heavy atom. The molecule has 0 aliphatic carbocycles. The average molecular weight is 369 g/mol. The van der Waals surface area contributed by atoms with Crippen LogP contribution < -0.4 is 10.9 Å². The number of hydrogen-bond donors (Lipinski definition) is 1. The van der Waals surface area contributed by atoms with Gasteiger partial charge in [0, 0.05) is 18.0 Å². The van der Waals surface area contributed by atoms with Crippen LogP contribution in [0.15, 0.2) is 41.2 Å². The minimum atomic E-state index is -0.539. The number of amides is 1. The molecule has 0 atom stereocenters. The van der Waals surface area contributed by atoms with Gasteiger partial charge in [-0.25, -0.2) is 9.07 Å². The molecule has 0 unspecified atom stereocenters. The monoisotopic (exact) mass is 369 g/mol. The number of benzene rings is 1. The van der Waals surface area contributed by atoms with Crippen LogP contribution in [0, 0.1) is 12.4 Å². The summed E-state index contributed by atoms with van der Waals surface area (Å²) in [6.07, 6.45) is 0.334. The predicted octanol–water partition coefficient (Wildman–Crippen LogP) is 2.77. The van der Waals surface area contributed by atoms with Crippen LogP contribution >= 0.6 is 11.3 Å². The molecule has 0 saturated heterocycles. The second kappa shape index (κ2) is 7.25. The summed E-state index contributed by atoms with van der Waals surface area (Å²) in [5.74, 6) is -0.739. The number of nitrogens with zero attached hydrogens (tertiary/aromatic N) is 4. The molecule has 3 rings (SSSR count). The molecule has 0 fully saturated rings. The van der Waals surface area contributed by atoms with E-state index in [9.17, 15) is 14.0 Å². The van der Waals surface area contributed by atoms with Crippen molar-refractivity contribution in [2.75, 3.05) is 5.32 Å². The maximum atomic E-state index is 13.3. The van der Waals surface area contributed by atoms with Gasteiger partial charge in [-0.2, -0.15) is 5.10 Å². The van der Waals surface area contributed by atoms with E-state index in [4.69, 9.17) is 6.57 Å². The maximum Gasteiger partial charge on any atom is 0.286 e. The first-order valence-corrected chi connectivity index (χ1v) is 8.25. The van der Waals surface area contributed by atoms with Crippen LogP contribution in [0.4, 0.5) is 15.3 Å². The summed E-state index contributed by atoms with van der Waals surface area (Å²) in [7, 11) is 1.44. The normalized spacial score (nSPS) is 10.3. The highest BCUT2D eigenvalue weighted by Crippen LogP contribution is 2.31. The number of aryl methyl sites for hydroxylation is 1. The molecule has 7 nitrogen and oxygen atoms in total. The van der Waals surface area contributed by atoms with Crippen molar-refractivity contribution >= 4 is 28.2 Å². The van der Waals surface area contributed by atoms with Crippen molar-refractivity contribution in [2.45, 2.75) is 6.42 Å². The smallest absolute Gasteiger partial charge is 0.286 e. The fraction of sp³-hybridized carbons (Fsp3) is 0.118. The fourth-order valence-corrected chi connectivity index (χ4v) is 3.15. The van der Waals surface area contributed by atoms with E-state index in [2.05, 4.69) is 20.2 Å². The van der Waals surface area contributed by atoms with Crippen LogP contribution in [0.1, 0.15) is 20.9 Å². The van der Waals surface area contributed by atoms with Crippen LogP contribution in [0.5, 0.6) is 0 Å². The Hall–Kier alpha value is -3.38. The number of nitrogens with one attached hydrogen (secondary N) is 1. The fourth-order valence-electron chi connectivity index (χ4n) is 2.22. The maximum absolute atomic E-state index is 13.3. The molecule has 0 aliphatic rings. The number of aromatic nitrogens is 3. The SMILES string of the molecule is [C-]#[N+]c1nc(NC(=O)c2ccc(=O)n(C)n2)sc1Cc1cccc(F)c1. The van der Waals surface area contributed by atoms with Crippen molar-refractivity contribution in [3.63, 3.8) is 0 Å². The zero-order valence-electron chi connectivity index (χ0n) is 13.6. The molecule has 2 heterocycles. The van der Waals surface area contributed by atoms with Crippen molar-refractivity contribution in [3.8, 4) is 0 Å². The van der Waals surface area contributed by atoms with E-state index >= 15 is 0 Å². The number of halogens is 1. The van der Waals surface area contributed by atoms with Crippen molar-refractivity contribution in [1.82, 2.24) is 14.8 Å². The van der Waals surface area contributed by atoms with Gasteiger partial charge < -0.3 is 4.85 Å². The second-order valence-electron chi connectivity index (χ2n) is 5.32. The molecule has 0 bridgehead atoms. The first-order valence-electron chi connectivity index (χ1n) is 7.43. The molecular formula is C17H12FN5O2S. The molecule has 9 heteroatoms. The third-order valence-electron chi connectivity index (χ3n) is 3.45. The van der Waals surface area contributed by atoms with Crippen LogP contribution in [0.25, 0.3) is 4.85 Å². The summed E-state index contributed by atoms with van der Waals surface area (Å²) in [4.78, 5) is 31.6. The van der Waals surface area contributed by atoms with Gasteiger partial charge in [0.2, 0.25) is 0 Å². The molecule has 1 amide bonds. The number of carbonyl (C=O) groups is 1. The van der Waals surface area contributed by atoms with E-state index in [0.29, 0.717) is 16.9 Å². The molecule has 0 aliphatic heterocycles. The van der Waals surface area contributed by atoms with Gasteiger partial charge in [0.15, 0.2) is 0 Å². The third-order valence-corrected chi connectivity index (χ3v) is 4.41. The van der Waals surface area contributed by atoms with Gasteiger partial charge in [0.25, 0.3) is 22.4 Å². The zero-order chi connectivity index (χ0) is 18.7. The van der Waals surface area contributed by atoms with E-state index in [1.165, 1.54) is 31.3 Å². The molecule has 3 aromatic rings. The Morgan fingerprint density at radius 1 is 1.38 bits per heavy atom. The predicted molar refractivity (Wildman–Crippen MR) is 95.0 cm³/mol. The van der Waals surface area contributed by atoms with Gasteiger partial charge in [0.1, 0.15) is 11.5 Å². The largest absolute Gasteiger partial charge is 0.360 e. The molecule has 130 valence electrons. The molecule has 0 radical (unpaired) electrons. The average Bonchev–Trinajstić information content (AvgIpc) is 2.98. The quantitative estimate of drug-likeness (QED) is 0.717. The van der Waals surface area contributed by atoms with Gasteiger partial charge in [-0.3, -0.25) is 14.9 Å². The minimum absolute atomic E-state index is 0.0540. The lowest BCUT2D eigenvalue weighted by Gasteiger charge is -2.01. The standard InChI is InChI=1S/C17H12FN5O2S/c1-19-15-13(9-10-4-3-5-11(18)8-10)26-17(20-15)21-16(25)12-6-7-14(24)23(2)22-12/h3-8H,9H2,2H3,(H,20,21,25). The first-order chi connectivity index (χ1) is 12.5. The summed E-state index contributed by atoms with van der Waals surface area (Å²) < 4.78 is 14.4. The lowest BCUT2D eigenvalue weighted by atomic mass is 10.1. The summed E-state index contributed by atoms with van der Waals surface area (Å²) in [5.41, 5.74) is 0.429. The molecule has 0 saturated carbocycles. The number of rotatable bonds is 4. The van der Waals surface area contributed by atoms with Crippen LogP contribution in [-0.2, 0) is 13.5 Å². The second-order valence-corrected chi connectivity index (χ2v) is 6.40. The molecular weight excluding hydrogens is 357 g/mol. The number of thiazole rings is 1. The Balaban J connectivity index is 1.82. The van der Waals surface area contributed by atoms with Gasteiger partial charge in [-0.1, -0.05) is 35.0 Å². The van der Waals surface area contributed by atoms with Gasteiger partial charge in [-0.05, 0) is 30.2 Å².